The third-order valence-corrected chi connectivity index (χ3v) is 7.82. The van der Waals surface area contributed by atoms with E-state index in [4.69, 9.17) is 15.0 Å². The highest BCUT2D eigenvalue weighted by Gasteiger charge is 2.22. The van der Waals surface area contributed by atoms with Crippen molar-refractivity contribution in [3.63, 3.8) is 0 Å². The Morgan fingerprint density at radius 1 is 0.649 bits per heavy atom. The van der Waals surface area contributed by atoms with Gasteiger partial charge in [-0.15, -0.1) is 0 Å². The molecule has 0 aliphatic heterocycles. The maximum Gasteiger partial charge on any atom is 0.284 e. The van der Waals surface area contributed by atoms with Crippen LogP contribution in [0.5, 0.6) is 0 Å². The van der Waals surface area contributed by atoms with Gasteiger partial charge in [0.1, 0.15) is 11.0 Å². The predicted octanol–water partition coefficient (Wildman–Crippen LogP) is 6.62. The van der Waals surface area contributed by atoms with Gasteiger partial charge in [0.25, 0.3) is 5.56 Å². The standard InChI is InChI=1S/C30H17N5OS/c36-28-27-26(33-30-35(28)23-16-8-9-17-24(23)37-30)20-13-5-7-15-22(20)34(27)29-31-21-14-6-4-12-19(21)25(32-29)18-10-2-1-3-11-18/h1-17H. The normalized spacial score (nSPS) is 11.9. The van der Waals surface area contributed by atoms with Crippen LogP contribution in [0.4, 0.5) is 0 Å². The van der Waals surface area contributed by atoms with Crippen molar-refractivity contribution in [2.75, 3.05) is 0 Å². The number of aromatic nitrogens is 5. The first-order valence-corrected chi connectivity index (χ1v) is 12.8. The summed E-state index contributed by atoms with van der Waals surface area (Å²) in [4.78, 5) is 29.9. The molecule has 0 fully saturated rings. The lowest BCUT2D eigenvalue weighted by atomic mass is 10.1. The summed E-state index contributed by atoms with van der Waals surface area (Å²) in [5.74, 6) is 0.446. The molecule has 0 saturated carbocycles. The zero-order valence-corrected chi connectivity index (χ0v) is 20.2. The molecule has 0 unspecified atom stereocenters. The first kappa shape index (κ1) is 20.3. The van der Waals surface area contributed by atoms with E-state index in [-0.39, 0.29) is 5.56 Å². The second kappa shape index (κ2) is 7.56. The molecule has 37 heavy (non-hydrogen) atoms. The van der Waals surface area contributed by atoms with Crippen LogP contribution in [0.15, 0.2) is 108 Å². The molecule has 6 nitrogen and oxygen atoms in total. The summed E-state index contributed by atoms with van der Waals surface area (Å²) in [6.07, 6.45) is 0. The Hall–Kier alpha value is -4.88. The van der Waals surface area contributed by atoms with Gasteiger partial charge in [0.15, 0.2) is 4.96 Å². The lowest BCUT2D eigenvalue weighted by molar-refractivity contribution is 0.997. The fourth-order valence-corrected chi connectivity index (χ4v) is 6.18. The number of hydrogen-bond acceptors (Lipinski definition) is 5. The van der Waals surface area contributed by atoms with Gasteiger partial charge in [0, 0.05) is 16.3 Å². The van der Waals surface area contributed by atoms with Crippen LogP contribution < -0.4 is 5.56 Å². The van der Waals surface area contributed by atoms with Crippen LogP contribution in [0.2, 0.25) is 0 Å². The molecule has 4 aromatic heterocycles. The van der Waals surface area contributed by atoms with Crippen LogP contribution in [-0.2, 0) is 0 Å². The maximum atomic E-state index is 14.2. The number of benzene rings is 4. The van der Waals surface area contributed by atoms with Crippen molar-refractivity contribution in [2.24, 2.45) is 0 Å². The SMILES string of the molecule is O=c1c2c(nc3sc4ccccc4n13)c1ccccc1n2-c1nc(-c2ccccc2)c2ccccc2n1. The lowest BCUT2D eigenvalue weighted by Crippen LogP contribution is -2.17. The maximum absolute atomic E-state index is 14.2. The summed E-state index contributed by atoms with van der Waals surface area (Å²) >= 11 is 1.52. The summed E-state index contributed by atoms with van der Waals surface area (Å²) in [5.41, 5.74) is 5.31. The molecular formula is C30H17N5OS. The first-order valence-electron chi connectivity index (χ1n) is 11.9. The van der Waals surface area contributed by atoms with Crippen LogP contribution in [-0.4, -0.2) is 23.9 Å². The number of rotatable bonds is 2. The monoisotopic (exact) mass is 495 g/mol. The zero-order chi connectivity index (χ0) is 24.5. The van der Waals surface area contributed by atoms with Gasteiger partial charge in [0.2, 0.25) is 5.95 Å². The second-order valence-electron chi connectivity index (χ2n) is 8.91. The summed E-state index contributed by atoms with van der Waals surface area (Å²) in [6.45, 7) is 0. The second-order valence-corrected chi connectivity index (χ2v) is 9.92. The third-order valence-electron chi connectivity index (χ3n) is 6.80. The van der Waals surface area contributed by atoms with Crippen molar-refractivity contribution >= 4 is 59.4 Å². The number of nitrogens with zero attached hydrogens (tertiary/aromatic N) is 5. The largest absolute Gasteiger partial charge is 0.284 e. The molecule has 4 heterocycles. The minimum absolute atomic E-state index is 0.133. The molecule has 0 amide bonds. The summed E-state index contributed by atoms with van der Waals surface area (Å²) in [6, 6.07) is 33.9. The van der Waals surface area contributed by atoms with Gasteiger partial charge in [-0.3, -0.25) is 9.36 Å². The highest BCUT2D eigenvalue weighted by molar-refractivity contribution is 7.23. The van der Waals surface area contributed by atoms with Crippen molar-refractivity contribution in [3.05, 3.63) is 113 Å². The van der Waals surface area contributed by atoms with Crippen molar-refractivity contribution in [1.29, 1.82) is 0 Å². The van der Waals surface area contributed by atoms with E-state index in [2.05, 4.69) is 0 Å². The Kier molecular flexibility index (Phi) is 4.15. The molecule has 0 spiro atoms. The van der Waals surface area contributed by atoms with Crippen LogP contribution in [0.1, 0.15) is 0 Å². The Bertz CT molecular complexity index is 2230. The van der Waals surface area contributed by atoms with E-state index < -0.39 is 0 Å². The molecule has 0 atom stereocenters. The van der Waals surface area contributed by atoms with Crippen LogP contribution in [0, 0.1) is 0 Å². The number of thiazole rings is 1. The molecule has 4 aromatic carbocycles. The van der Waals surface area contributed by atoms with Gasteiger partial charge >= 0.3 is 0 Å². The highest BCUT2D eigenvalue weighted by Crippen LogP contribution is 2.33. The Labute approximate surface area is 213 Å². The molecular weight excluding hydrogens is 478 g/mol. The Morgan fingerprint density at radius 3 is 2.22 bits per heavy atom. The van der Waals surface area contributed by atoms with E-state index in [9.17, 15) is 4.79 Å². The average Bonchev–Trinajstić information content (AvgIpc) is 3.49. The topological polar surface area (TPSA) is 65.1 Å². The lowest BCUT2D eigenvalue weighted by Gasteiger charge is -2.11. The predicted molar refractivity (Wildman–Crippen MR) is 150 cm³/mol. The highest BCUT2D eigenvalue weighted by atomic mass is 32.1. The van der Waals surface area contributed by atoms with Crippen molar-refractivity contribution < 1.29 is 0 Å². The molecule has 0 aliphatic rings. The van der Waals surface area contributed by atoms with Gasteiger partial charge in [0.05, 0.1) is 26.9 Å². The molecule has 8 aromatic rings. The molecule has 0 saturated heterocycles. The van der Waals surface area contributed by atoms with E-state index in [0.29, 0.717) is 21.9 Å². The number of fused-ring (bicyclic) bond motifs is 7. The average molecular weight is 496 g/mol. The molecule has 0 N–H and O–H groups in total. The molecule has 8 rings (SSSR count). The third kappa shape index (κ3) is 2.86. The van der Waals surface area contributed by atoms with E-state index in [1.54, 1.807) is 4.40 Å². The Morgan fingerprint density at radius 2 is 1.35 bits per heavy atom. The summed E-state index contributed by atoms with van der Waals surface area (Å²) in [7, 11) is 0. The minimum atomic E-state index is -0.133. The number of para-hydroxylation sites is 3. The van der Waals surface area contributed by atoms with Crippen molar-refractivity contribution in [1.82, 2.24) is 23.9 Å². The molecule has 0 bridgehead atoms. The van der Waals surface area contributed by atoms with Gasteiger partial charge in [-0.25, -0.2) is 19.4 Å². The molecule has 0 aliphatic carbocycles. The fourth-order valence-electron chi connectivity index (χ4n) is 5.17. The van der Waals surface area contributed by atoms with Crippen LogP contribution in [0.25, 0.3) is 65.2 Å². The van der Waals surface area contributed by atoms with Crippen LogP contribution >= 0.6 is 11.3 Å². The van der Waals surface area contributed by atoms with Gasteiger partial charge in [-0.1, -0.05) is 90.2 Å². The quantitative estimate of drug-likeness (QED) is 0.270. The summed E-state index contributed by atoms with van der Waals surface area (Å²) < 4.78 is 4.60. The first-order chi connectivity index (χ1) is 18.3. The fraction of sp³-hybridized carbons (Fsp3) is 0. The van der Waals surface area contributed by atoms with Gasteiger partial charge in [-0.05, 0) is 24.3 Å². The zero-order valence-electron chi connectivity index (χ0n) is 19.4. The van der Waals surface area contributed by atoms with Crippen molar-refractivity contribution in [2.45, 2.75) is 0 Å². The van der Waals surface area contributed by atoms with E-state index in [1.807, 2.05) is 108 Å². The van der Waals surface area contributed by atoms with E-state index in [1.165, 1.54) is 11.3 Å². The van der Waals surface area contributed by atoms with Gasteiger partial charge < -0.3 is 0 Å². The van der Waals surface area contributed by atoms with Crippen molar-refractivity contribution in [3.8, 4) is 17.2 Å². The molecule has 0 radical (unpaired) electrons. The summed E-state index contributed by atoms with van der Waals surface area (Å²) in [5, 5.41) is 1.85. The Balaban J connectivity index is 1.56. The van der Waals surface area contributed by atoms with Crippen LogP contribution in [0.3, 0.4) is 0 Å². The smallest absolute Gasteiger partial charge is 0.271 e. The van der Waals surface area contributed by atoms with E-state index >= 15 is 0 Å². The number of hydrogen-bond donors (Lipinski definition) is 0. The minimum Gasteiger partial charge on any atom is -0.271 e. The van der Waals surface area contributed by atoms with E-state index in [0.717, 1.165) is 43.3 Å². The molecule has 7 heteroatoms. The molecule has 174 valence electrons. The van der Waals surface area contributed by atoms with Gasteiger partial charge in [-0.2, -0.15) is 0 Å².